The molecule has 0 heterocycles. The Kier molecular flexibility index (Phi) is 2.64. The average Bonchev–Trinajstić information content (AvgIpc) is 2.07. The lowest BCUT2D eigenvalue weighted by molar-refractivity contribution is -0.198. The van der Waals surface area contributed by atoms with Crippen LogP contribution in [-0.4, -0.2) is 12.6 Å². The first kappa shape index (κ1) is 11.7. The minimum absolute atomic E-state index is 0.147. The van der Waals surface area contributed by atoms with Crippen molar-refractivity contribution in [2.75, 3.05) is 6.61 Å². The maximum atomic E-state index is 11.5. The summed E-state index contributed by atoms with van der Waals surface area (Å²) in [6.45, 7) is 8.81. The normalized spacial score (nSPS) is 36.7. The van der Waals surface area contributed by atoms with Crippen LogP contribution < -0.4 is 0 Å². The summed E-state index contributed by atoms with van der Waals surface area (Å²) in [7, 11) is 0. The van der Waals surface area contributed by atoms with Gasteiger partial charge in [0.2, 0.25) is 0 Å². The van der Waals surface area contributed by atoms with Crippen LogP contribution in [0.4, 0.5) is 0 Å². The number of allylic oxidation sites excluding steroid dienone is 1. The van der Waals surface area contributed by atoms with Crippen molar-refractivity contribution < 1.29 is 9.53 Å². The molecule has 0 spiro atoms. The van der Waals surface area contributed by atoms with Gasteiger partial charge in [-0.25, -0.2) is 4.79 Å². The molecule has 0 N–H and O–H groups in total. The van der Waals surface area contributed by atoms with Gasteiger partial charge in [-0.05, 0) is 49.9 Å². The maximum absolute atomic E-state index is 11.5. The summed E-state index contributed by atoms with van der Waals surface area (Å²) in [5.74, 6) is 0.636. The van der Waals surface area contributed by atoms with E-state index in [1.165, 1.54) is 19.3 Å². The summed E-state index contributed by atoms with van der Waals surface area (Å²) in [6, 6.07) is 0. The number of carbonyl (C=O) groups is 1. The van der Waals surface area contributed by atoms with Gasteiger partial charge < -0.3 is 4.74 Å². The molecule has 0 amide bonds. The van der Waals surface area contributed by atoms with E-state index < -0.39 is 0 Å². The van der Waals surface area contributed by atoms with Crippen molar-refractivity contribution in [3.63, 3.8) is 0 Å². The Balaban J connectivity index is 1.94. The van der Waals surface area contributed by atoms with Gasteiger partial charge in [0.1, 0.15) is 0 Å². The second-order valence-electron chi connectivity index (χ2n) is 5.96. The second-order valence-corrected chi connectivity index (χ2v) is 5.96. The van der Waals surface area contributed by atoms with Crippen molar-refractivity contribution in [2.24, 2.45) is 16.7 Å². The highest BCUT2D eigenvalue weighted by Crippen LogP contribution is 2.76. The van der Waals surface area contributed by atoms with Crippen LogP contribution in [0.3, 0.4) is 0 Å². The first-order valence-electron chi connectivity index (χ1n) is 6.30. The number of hydrogen-bond donors (Lipinski definition) is 0. The van der Waals surface area contributed by atoms with Crippen LogP contribution >= 0.6 is 0 Å². The summed E-state index contributed by atoms with van der Waals surface area (Å²) in [5, 5.41) is 0. The first-order chi connectivity index (χ1) is 7.43. The molecule has 90 valence electrons. The molecule has 2 bridgehead atoms. The van der Waals surface area contributed by atoms with Gasteiger partial charge in [-0.15, -0.1) is 0 Å². The monoisotopic (exact) mass is 222 g/mol. The molecule has 3 saturated carbocycles. The lowest BCUT2D eigenvalue weighted by atomic mass is 9.32. The average molecular weight is 222 g/mol. The molecule has 0 aromatic rings. The summed E-state index contributed by atoms with van der Waals surface area (Å²) in [5.41, 5.74) is 1.74. The zero-order chi connectivity index (χ0) is 12.0. The van der Waals surface area contributed by atoms with Crippen LogP contribution in [0, 0.1) is 16.7 Å². The molecule has 0 aliphatic heterocycles. The van der Waals surface area contributed by atoms with Crippen molar-refractivity contribution in [3.05, 3.63) is 11.6 Å². The van der Waals surface area contributed by atoms with Gasteiger partial charge in [0, 0.05) is 5.57 Å². The van der Waals surface area contributed by atoms with Crippen LogP contribution in [-0.2, 0) is 9.53 Å². The van der Waals surface area contributed by atoms with Gasteiger partial charge in [0.25, 0.3) is 0 Å². The largest absolute Gasteiger partial charge is 0.463 e. The third-order valence-electron chi connectivity index (χ3n) is 4.46. The summed E-state index contributed by atoms with van der Waals surface area (Å²) < 4.78 is 5.00. The quantitative estimate of drug-likeness (QED) is 0.539. The van der Waals surface area contributed by atoms with E-state index in [0.717, 1.165) is 11.5 Å². The van der Waals surface area contributed by atoms with E-state index in [-0.39, 0.29) is 5.97 Å². The molecule has 2 heteroatoms. The van der Waals surface area contributed by atoms with Crippen molar-refractivity contribution in [1.82, 2.24) is 0 Å². The summed E-state index contributed by atoms with van der Waals surface area (Å²) >= 11 is 0. The minimum Gasteiger partial charge on any atom is -0.463 e. The van der Waals surface area contributed by atoms with Gasteiger partial charge >= 0.3 is 5.97 Å². The van der Waals surface area contributed by atoms with E-state index in [4.69, 9.17) is 4.74 Å². The Morgan fingerprint density at radius 3 is 2.38 bits per heavy atom. The fourth-order valence-electron chi connectivity index (χ4n) is 3.48. The molecular formula is C14H22O2. The number of carbonyl (C=O) groups excluding carboxylic acids is 1. The van der Waals surface area contributed by atoms with Crippen molar-refractivity contribution in [2.45, 2.75) is 47.0 Å². The molecule has 0 saturated heterocycles. The molecule has 3 aliphatic rings. The Morgan fingerprint density at radius 2 is 1.94 bits per heavy atom. The van der Waals surface area contributed by atoms with Gasteiger partial charge in [-0.1, -0.05) is 19.9 Å². The van der Waals surface area contributed by atoms with E-state index in [1.807, 2.05) is 13.8 Å². The molecule has 3 fully saturated rings. The van der Waals surface area contributed by atoms with Gasteiger partial charge in [0.15, 0.2) is 0 Å². The molecule has 16 heavy (non-hydrogen) atoms. The van der Waals surface area contributed by atoms with Crippen LogP contribution in [0.1, 0.15) is 47.0 Å². The molecule has 0 aromatic heterocycles. The van der Waals surface area contributed by atoms with Gasteiger partial charge in [-0.2, -0.15) is 0 Å². The van der Waals surface area contributed by atoms with E-state index >= 15 is 0 Å². The maximum Gasteiger partial charge on any atom is 0.333 e. The fraction of sp³-hybridized carbons (Fsp3) is 0.786. The highest BCUT2D eigenvalue weighted by molar-refractivity contribution is 5.88. The predicted octanol–water partition coefficient (Wildman–Crippen LogP) is 3.32. The highest BCUT2D eigenvalue weighted by Gasteiger charge is 2.67. The molecule has 3 aliphatic carbocycles. The third-order valence-corrected chi connectivity index (χ3v) is 4.46. The van der Waals surface area contributed by atoms with Crippen LogP contribution in [0.25, 0.3) is 0 Å². The fourth-order valence-corrected chi connectivity index (χ4v) is 3.48. The second kappa shape index (κ2) is 3.61. The first-order valence-corrected chi connectivity index (χ1v) is 6.30. The Labute approximate surface area is 98.1 Å². The lowest BCUT2D eigenvalue weighted by Gasteiger charge is -2.72. The van der Waals surface area contributed by atoms with Crippen molar-refractivity contribution in [3.8, 4) is 0 Å². The third kappa shape index (κ3) is 1.59. The van der Waals surface area contributed by atoms with Crippen molar-refractivity contribution in [1.29, 1.82) is 0 Å². The van der Waals surface area contributed by atoms with Gasteiger partial charge in [0.05, 0.1) is 6.61 Å². The van der Waals surface area contributed by atoms with Crippen LogP contribution in [0.2, 0.25) is 0 Å². The summed E-state index contributed by atoms with van der Waals surface area (Å²) in [6.07, 6.45) is 5.98. The predicted molar refractivity (Wildman–Crippen MR) is 63.9 cm³/mol. The Bertz CT molecular complexity index is 319. The minimum atomic E-state index is -0.147. The number of esters is 1. The zero-order valence-electron chi connectivity index (χ0n) is 10.8. The smallest absolute Gasteiger partial charge is 0.333 e. The molecular weight excluding hydrogens is 200 g/mol. The Morgan fingerprint density at radius 1 is 1.38 bits per heavy atom. The molecule has 0 atom stereocenters. The highest BCUT2D eigenvalue weighted by atomic mass is 16.5. The summed E-state index contributed by atoms with van der Waals surface area (Å²) in [4.78, 5) is 11.5. The van der Waals surface area contributed by atoms with E-state index in [2.05, 4.69) is 19.9 Å². The molecule has 0 radical (unpaired) electrons. The number of rotatable bonds is 4. The molecule has 0 unspecified atom stereocenters. The van der Waals surface area contributed by atoms with Gasteiger partial charge in [-0.3, -0.25) is 0 Å². The van der Waals surface area contributed by atoms with E-state index in [1.54, 1.807) is 0 Å². The van der Waals surface area contributed by atoms with E-state index in [9.17, 15) is 4.79 Å². The van der Waals surface area contributed by atoms with Crippen molar-refractivity contribution >= 4 is 5.97 Å². The van der Waals surface area contributed by atoms with Crippen LogP contribution in [0.5, 0.6) is 0 Å². The Hall–Kier alpha value is -0.790. The standard InChI is InChI=1S/C14H22O2/c1-5-16-12(15)11(4)6-13-7-14(8-13,9-13)10(2)3/h6,10H,5,7-9H2,1-4H3/b11-6+. The lowest BCUT2D eigenvalue weighted by Crippen LogP contribution is -2.63. The number of ether oxygens (including phenoxy) is 1. The molecule has 0 aromatic carbocycles. The number of hydrogen-bond acceptors (Lipinski definition) is 2. The topological polar surface area (TPSA) is 26.3 Å². The van der Waals surface area contributed by atoms with E-state index in [0.29, 0.717) is 17.4 Å². The molecule has 2 nitrogen and oxygen atoms in total. The zero-order valence-corrected chi connectivity index (χ0v) is 10.8. The van der Waals surface area contributed by atoms with Crippen LogP contribution in [0.15, 0.2) is 11.6 Å². The molecule has 3 rings (SSSR count). The SMILES string of the molecule is CCOC(=O)/C(C)=C/C12CC(C(C)C)(C1)C2.